The number of halogens is 1. The van der Waals surface area contributed by atoms with E-state index in [-0.39, 0.29) is 17.2 Å². The number of anilines is 1. The van der Waals surface area contributed by atoms with E-state index in [1.54, 1.807) is 24.3 Å². The molecule has 0 radical (unpaired) electrons. The summed E-state index contributed by atoms with van der Waals surface area (Å²) < 4.78 is 24.8. The van der Waals surface area contributed by atoms with Crippen molar-refractivity contribution in [1.29, 1.82) is 0 Å². The van der Waals surface area contributed by atoms with E-state index in [0.29, 0.717) is 10.7 Å². The molecule has 0 saturated heterocycles. The van der Waals surface area contributed by atoms with Gasteiger partial charge in [-0.05, 0) is 43.3 Å². The van der Waals surface area contributed by atoms with Crippen molar-refractivity contribution >= 4 is 33.0 Å². The largest absolute Gasteiger partial charge is 0.326 e. The standard InChI is InChI=1S/C16H16ClNO3S/c1-12(11-16(19)18-14-5-3-2-4-6-14)22(20,21)15-9-7-13(17)8-10-15/h2-10,12H,11H2,1H3,(H,18,19)/t12-/m1/s1. The molecule has 6 heteroatoms. The van der Waals surface area contributed by atoms with Crippen LogP contribution >= 0.6 is 11.6 Å². The van der Waals surface area contributed by atoms with Crippen LogP contribution in [0.15, 0.2) is 59.5 Å². The van der Waals surface area contributed by atoms with E-state index in [9.17, 15) is 13.2 Å². The van der Waals surface area contributed by atoms with Crippen molar-refractivity contribution in [2.75, 3.05) is 5.32 Å². The Balaban J connectivity index is 2.06. The Labute approximate surface area is 135 Å². The van der Waals surface area contributed by atoms with Crippen LogP contribution in [-0.2, 0) is 14.6 Å². The predicted octanol–water partition coefficient (Wildman–Crippen LogP) is 3.53. The molecule has 2 rings (SSSR count). The van der Waals surface area contributed by atoms with Gasteiger partial charge in [0.2, 0.25) is 5.91 Å². The lowest BCUT2D eigenvalue weighted by Crippen LogP contribution is -2.25. The summed E-state index contributed by atoms with van der Waals surface area (Å²) in [7, 11) is -3.56. The number of nitrogens with one attached hydrogen (secondary N) is 1. The first-order chi connectivity index (χ1) is 10.4. The highest BCUT2D eigenvalue weighted by atomic mass is 35.5. The van der Waals surface area contributed by atoms with E-state index in [2.05, 4.69) is 5.32 Å². The molecule has 0 bridgehead atoms. The van der Waals surface area contributed by atoms with Crippen LogP contribution in [0.2, 0.25) is 5.02 Å². The highest BCUT2D eigenvalue weighted by molar-refractivity contribution is 7.92. The second-order valence-corrected chi connectivity index (χ2v) is 7.73. The minimum Gasteiger partial charge on any atom is -0.326 e. The van der Waals surface area contributed by atoms with Crippen LogP contribution in [0.4, 0.5) is 5.69 Å². The molecule has 116 valence electrons. The summed E-state index contributed by atoms with van der Waals surface area (Å²) in [5.74, 6) is -0.337. The first-order valence-electron chi connectivity index (χ1n) is 6.74. The van der Waals surface area contributed by atoms with Gasteiger partial charge in [0.1, 0.15) is 0 Å². The van der Waals surface area contributed by atoms with E-state index >= 15 is 0 Å². The lowest BCUT2D eigenvalue weighted by atomic mass is 10.3. The van der Waals surface area contributed by atoms with Gasteiger partial charge in [0.25, 0.3) is 0 Å². The average molecular weight is 338 g/mol. The molecule has 22 heavy (non-hydrogen) atoms. The van der Waals surface area contributed by atoms with Crippen molar-refractivity contribution in [3.05, 3.63) is 59.6 Å². The molecule has 1 N–H and O–H groups in total. The third-order valence-electron chi connectivity index (χ3n) is 3.20. The lowest BCUT2D eigenvalue weighted by molar-refractivity contribution is -0.116. The average Bonchev–Trinajstić information content (AvgIpc) is 2.48. The zero-order valence-electron chi connectivity index (χ0n) is 12.0. The number of carbonyl (C=O) groups excluding carboxylic acids is 1. The number of hydrogen-bond donors (Lipinski definition) is 1. The van der Waals surface area contributed by atoms with Crippen molar-refractivity contribution in [2.24, 2.45) is 0 Å². The molecule has 1 amide bonds. The molecule has 2 aromatic carbocycles. The summed E-state index contributed by atoms with van der Waals surface area (Å²) in [6.45, 7) is 1.52. The van der Waals surface area contributed by atoms with Crippen molar-refractivity contribution < 1.29 is 13.2 Å². The fraction of sp³-hybridized carbons (Fsp3) is 0.188. The van der Waals surface area contributed by atoms with E-state index in [0.717, 1.165) is 0 Å². The van der Waals surface area contributed by atoms with Crippen LogP contribution in [-0.4, -0.2) is 19.6 Å². The predicted molar refractivity (Wildman–Crippen MR) is 87.8 cm³/mol. The molecule has 0 aliphatic carbocycles. The van der Waals surface area contributed by atoms with Crippen molar-refractivity contribution in [1.82, 2.24) is 0 Å². The number of amides is 1. The second kappa shape index (κ2) is 6.94. The van der Waals surface area contributed by atoms with Crippen molar-refractivity contribution in [3.63, 3.8) is 0 Å². The van der Waals surface area contributed by atoms with Gasteiger partial charge in [-0.25, -0.2) is 8.42 Å². The number of sulfone groups is 1. The molecule has 4 nitrogen and oxygen atoms in total. The summed E-state index contributed by atoms with van der Waals surface area (Å²) in [6.07, 6.45) is -0.111. The number of rotatable bonds is 5. The van der Waals surface area contributed by atoms with Crippen LogP contribution in [0, 0.1) is 0 Å². The fourth-order valence-corrected chi connectivity index (χ4v) is 3.44. The van der Waals surface area contributed by atoms with E-state index in [1.165, 1.54) is 31.2 Å². The molecule has 1 atom stereocenters. The van der Waals surface area contributed by atoms with Crippen LogP contribution < -0.4 is 5.32 Å². The number of para-hydroxylation sites is 1. The molecule has 0 aliphatic rings. The highest BCUT2D eigenvalue weighted by Crippen LogP contribution is 2.21. The number of hydrogen-bond acceptors (Lipinski definition) is 3. The maximum Gasteiger partial charge on any atom is 0.225 e. The summed E-state index contributed by atoms with van der Waals surface area (Å²) >= 11 is 5.76. The molecule has 0 unspecified atom stereocenters. The van der Waals surface area contributed by atoms with E-state index in [4.69, 9.17) is 11.6 Å². The normalized spacial score (nSPS) is 12.6. The van der Waals surface area contributed by atoms with Crippen LogP contribution in [0.25, 0.3) is 0 Å². The molecule has 0 fully saturated rings. The molecular weight excluding hydrogens is 322 g/mol. The Kier molecular flexibility index (Phi) is 5.21. The van der Waals surface area contributed by atoms with Crippen molar-refractivity contribution in [2.45, 2.75) is 23.5 Å². The Morgan fingerprint density at radius 1 is 1.09 bits per heavy atom. The Bertz CT molecular complexity index is 743. The third kappa shape index (κ3) is 4.08. The van der Waals surface area contributed by atoms with Gasteiger partial charge < -0.3 is 5.32 Å². The maximum atomic E-state index is 12.4. The Morgan fingerprint density at radius 3 is 2.27 bits per heavy atom. The zero-order chi connectivity index (χ0) is 16.2. The maximum absolute atomic E-state index is 12.4. The summed E-state index contributed by atoms with van der Waals surface area (Å²) in [6, 6.07) is 14.9. The van der Waals surface area contributed by atoms with Crippen LogP contribution in [0.5, 0.6) is 0 Å². The lowest BCUT2D eigenvalue weighted by Gasteiger charge is -2.13. The molecule has 0 spiro atoms. The van der Waals surface area contributed by atoms with Crippen molar-refractivity contribution in [3.8, 4) is 0 Å². The molecule has 0 heterocycles. The summed E-state index contributed by atoms with van der Waals surface area (Å²) in [5, 5.41) is 2.33. The Hall–Kier alpha value is -1.85. The molecule has 0 saturated carbocycles. The van der Waals surface area contributed by atoms with Crippen LogP contribution in [0.1, 0.15) is 13.3 Å². The van der Waals surface area contributed by atoms with Gasteiger partial charge in [-0.2, -0.15) is 0 Å². The van der Waals surface area contributed by atoms with E-state index in [1.807, 2.05) is 6.07 Å². The topological polar surface area (TPSA) is 63.2 Å². The van der Waals surface area contributed by atoms with Gasteiger partial charge in [-0.15, -0.1) is 0 Å². The zero-order valence-corrected chi connectivity index (χ0v) is 13.6. The van der Waals surface area contributed by atoms with Crippen LogP contribution in [0.3, 0.4) is 0 Å². The monoisotopic (exact) mass is 337 g/mol. The third-order valence-corrected chi connectivity index (χ3v) is 5.61. The van der Waals surface area contributed by atoms with Gasteiger partial charge in [-0.1, -0.05) is 29.8 Å². The smallest absolute Gasteiger partial charge is 0.225 e. The molecular formula is C16H16ClNO3S. The molecule has 2 aromatic rings. The summed E-state index contributed by atoms with van der Waals surface area (Å²) in [5.41, 5.74) is 0.642. The summed E-state index contributed by atoms with van der Waals surface area (Å²) in [4.78, 5) is 12.1. The minimum absolute atomic E-state index is 0.111. The van der Waals surface area contributed by atoms with Gasteiger partial charge in [0, 0.05) is 17.1 Å². The number of benzene rings is 2. The highest BCUT2D eigenvalue weighted by Gasteiger charge is 2.25. The number of carbonyl (C=O) groups is 1. The second-order valence-electron chi connectivity index (χ2n) is 4.93. The molecule has 0 aliphatic heterocycles. The first kappa shape index (κ1) is 16.5. The Morgan fingerprint density at radius 2 is 1.68 bits per heavy atom. The SMILES string of the molecule is C[C@H](CC(=O)Nc1ccccc1)S(=O)(=O)c1ccc(Cl)cc1. The van der Waals surface area contributed by atoms with Gasteiger partial charge >= 0.3 is 0 Å². The van der Waals surface area contributed by atoms with E-state index < -0.39 is 15.1 Å². The first-order valence-corrected chi connectivity index (χ1v) is 8.66. The van der Waals surface area contributed by atoms with Gasteiger partial charge in [-0.3, -0.25) is 4.79 Å². The van der Waals surface area contributed by atoms with Gasteiger partial charge in [0.15, 0.2) is 9.84 Å². The minimum atomic E-state index is -3.56. The fourth-order valence-electron chi connectivity index (χ4n) is 1.96. The van der Waals surface area contributed by atoms with Gasteiger partial charge in [0.05, 0.1) is 10.1 Å². The molecule has 0 aromatic heterocycles. The quantitative estimate of drug-likeness (QED) is 0.907.